The van der Waals surface area contributed by atoms with Crippen molar-refractivity contribution in [2.24, 2.45) is 5.10 Å². The molecular formula is C18H21BrN2O3. The van der Waals surface area contributed by atoms with Gasteiger partial charge in [-0.3, -0.25) is 4.79 Å². The smallest absolute Gasteiger partial charge is 0.277 e. The Morgan fingerprint density at radius 3 is 2.67 bits per heavy atom. The SMILES string of the molecule is Cc1ccc(/C=N\NC(=O)COc2ccc(C(C)(C)C)cc2Br)o1. The Kier molecular flexibility index (Phi) is 5.83. The standard InChI is InChI=1S/C18H21BrN2O3/c1-12-5-7-14(24-12)10-20-21-17(22)11-23-16-8-6-13(9-15(16)19)18(2,3)4/h5-10H,11H2,1-4H3,(H,21,22)/b20-10-. The molecule has 0 aliphatic rings. The van der Waals surface area contributed by atoms with Gasteiger partial charge in [-0.25, -0.2) is 5.43 Å². The van der Waals surface area contributed by atoms with Gasteiger partial charge in [0, 0.05) is 0 Å². The van der Waals surface area contributed by atoms with Gasteiger partial charge in [0.1, 0.15) is 17.3 Å². The first-order valence-corrected chi connectivity index (χ1v) is 8.36. The predicted octanol–water partition coefficient (Wildman–Crippen LogP) is 4.18. The highest BCUT2D eigenvalue weighted by Gasteiger charge is 2.15. The van der Waals surface area contributed by atoms with Gasteiger partial charge in [0.2, 0.25) is 0 Å². The lowest BCUT2D eigenvalue weighted by Gasteiger charge is -2.20. The van der Waals surface area contributed by atoms with Crippen LogP contribution in [0.1, 0.15) is 37.9 Å². The highest BCUT2D eigenvalue weighted by molar-refractivity contribution is 9.10. The van der Waals surface area contributed by atoms with E-state index in [1.807, 2.05) is 31.2 Å². The van der Waals surface area contributed by atoms with E-state index in [4.69, 9.17) is 9.15 Å². The second kappa shape index (κ2) is 7.66. The molecular weight excluding hydrogens is 372 g/mol. The molecule has 1 aromatic carbocycles. The molecule has 24 heavy (non-hydrogen) atoms. The van der Waals surface area contributed by atoms with Gasteiger partial charge in [0.25, 0.3) is 5.91 Å². The van der Waals surface area contributed by atoms with E-state index < -0.39 is 0 Å². The molecule has 0 atom stereocenters. The van der Waals surface area contributed by atoms with E-state index in [0.29, 0.717) is 11.5 Å². The number of furan rings is 1. The third kappa shape index (κ3) is 5.23. The van der Waals surface area contributed by atoms with Gasteiger partial charge in [-0.1, -0.05) is 26.8 Å². The highest BCUT2D eigenvalue weighted by Crippen LogP contribution is 2.31. The van der Waals surface area contributed by atoms with Gasteiger partial charge in [-0.2, -0.15) is 5.10 Å². The number of nitrogens with zero attached hydrogens (tertiary/aromatic N) is 1. The van der Waals surface area contributed by atoms with Crippen LogP contribution in [0.5, 0.6) is 5.75 Å². The minimum absolute atomic E-state index is 0.0529. The zero-order valence-corrected chi connectivity index (χ0v) is 15.8. The summed E-state index contributed by atoms with van der Waals surface area (Å²) in [5.41, 5.74) is 3.63. The molecule has 0 fully saturated rings. The summed E-state index contributed by atoms with van der Waals surface area (Å²) >= 11 is 3.48. The zero-order chi connectivity index (χ0) is 17.7. The molecule has 2 rings (SSSR count). The van der Waals surface area contributed by atoms with Crippen LogP contribution >= 0.6 is 15.9 Å². The molecule has 0 spiro atoms. The third-order valence-electron chi connectivity index (χ3n) is 3.30. The molecule has 1 heterocycles. The minimum atomic E-state index is -0.346. The maximum Gasteiger partial charge on any atom is 0.277 e. The first-order chi connectivity index (χ1) is 11.3. The van der Waals surface area contributed by atoms with Crippen LogP contribution in [0.4, 0.5) is 0 Å². The van der Waals surface area contributed by atoms with Crippen molar-refractivity contribution < 1.29 is 13.9 Å². The Balaban J connectivity index is 1.86. The Labute approximate surface area is 150 Å². The average Bonchev–Trinajstić information content (AvgIpc) is 2.90. The molecule has 2 aromatic rings. The molecule has 0 aliphatic carbocycles. The monoisotopic (exact) mass is 392 g/mol. The molecule has 1 amide bonds. The summed E-state index contributed by atoms with van der Waals surface area (Å²) in [6.07, 6.45) is 1.44. The van der Waals surface area contributed by atoms with E-state index >= 15 is 0 Å². The molecule has 0 saturated heterocycles. The van der Waals surface area contributed by atoms with Gasteiger partial charge in [-0.15, -0.1) is 0 Å². The van der Waals surface area contributed by atoms with Crippen molar-refractivity contribution in [2.75, 3.05) is 6.61 Å². The van der Waals surface area contributed by atoms with Crippen molar-refractivity contribution in [3.8, 4) is 5.75 Å². The first kappa shape index (κ1) is 18.3. The number of benzene rings is 1. The number of amides is 1. The van der Waals surface area contributed by atoms with Crippen molar-refractivity contribution in [3.05, 3.63) is 51.9 Å². The van der Waals surface area contributed by atoms with Crippen LogP contribution in [-0.2, 0) is 10.2 Å². The zero-order valence-electron chi connectivity index (χ0n) is 14.2. The number of hydrogen-bond acceptors (Lipinski definition) is 4. The van der Waals surface area contributed by atoms with Gasteiger partial charge in [0.15, 0.2) is 6.61 Å². The summed E-state index contributed by atoms with van der Waals surface area (Å²) in [7, 11) is 0. The average molecular weight is 393 g/mol. The summed E-state index contributed by atoms with van der Waals surface area (Å²) < 4.78 is 11.6. The molecule has 5 nitrogen and oxygen atoms in total. The number of hydrazone groups is 1. The number of ether oxygens (including phenoxy) is 1. The number of hydrogen-bond donors (Lipinski definition) is 1. The van der Waals surface area contributed by atoms with Gasteiger partial charge in [0.05, 0.1) is 10.7 Å². The van der Waals surface area contributed by atoms with Gasteiger partial charge in [-0.05, 0) is 58.1 Å². The highest BCUT2D eigenvalue weighted by atomic mass is 79.9. The fourth-order valence-electron chi connectivity index (χ4n) is 1.95. The maximum atomic E-state index is 11.8. The summed E-state index contributed by atoms with van der Waals surface area (Å²) in [5.74, 6) is 1.63. The van der Waals surface area contributed by atoms with Crippen LogP contribution in [0.3, 0.4) is 0 Å². The lowest BCUT2D eigenvalue weighted by atomic mass is 9.87. The van der Waals surface area contributed by atoms with E-state index in [1.54, 1.807) is 6.07 Å². The number of carbonyl (C=O) groups excluding carboxylic acids is 1. The number of rotatable bonds is 5. The molecule has 1 aromatic heterocycles. The Morgan fingerprint density at radius 1 is 1.33 bits per heavy atom. The molecule has 0 saturated carbocycles. The van der Waals surface area contributed by atoms with Crippen molar-refractivity contribution in [2.45, 2.75) is 33.1 Å². The molecule has 0 radical (unpaired) electrons. The Hall–Kier alpha value is -2.08. The molecule has 0 aliphatic heterocycles. The summed E-state index contributed by atoms with van der Waals surface area (Å²) in [4.78, 5) is 11.8. The number of carbonyl (C=O) groups is 1. The molecule has 0 unspecified atom stereocenters. The largest absolute Gasteiger partial charge is 0.483 e. The Bertz CT molecular complexity index is 745. The molecule has 6 heteroatoms. The van der Waals surface area contributed by atoms with Crippen molar-refractivity contribution in [1.82, 2.24) is 5.43 Å². The predicted molar refractivity (Wildman–Crippen MR) is 97.5 cm³/mol. The van der Waals surface area contributed by atoms with Crippen LogP contribution in [-0.4, -0.2) is 18.7 Å². The van der Waals surface area contributed by atoms with E-state index in [-0.39, 0.29) is 17.9 Å². The Morgan fingerprint density at radius 2 is 2.08 bits per heavy atom. The van der Waals surface area contributed by atoms with Crippen LogP contribution in [0.25, 0.3) is 0 Å². The molecule has 1 N–H and O–H groups in total. The van der Waals surface area contributed by atoms with Crippen molar-refractivity contribution >= 4 is 28.1 Å². The van der Waals surface area contributed by atoms with E-state index in [2.05, 4.69) is 47.2 Å². The fourth-order valence-corrected chi connectivity index (χ4v) is 2.44. The van der Waals surface area contributed by atoms with Gasteiger partial charge < -0.3 is 9.15 Å². The van der Waals surface area contributed by atoms with E-state index in [0.717, 1.165) is 10.2 Å². The first-order valence-electron chi connectivity index (χ1n) is 7.57. The van der Waals surface area contributed by atoms with E-state index in [9.17, 15) is 4.79 Å². The van der Waals surface area contributed by atoms with Crippen LogP contribution in [0.15, 0.2) is 44.3 Å². The van der Waals surface area contributed by atoms with Crippen molar-refractivity contribution in [1.29, 1.82) is 0 Å². The van der Waals surface area contributed by atoms with Crippen molar-refractivity contribution in [3.63, 3.8) is 0 Å². The summed E-state index contributed by atoms with van der Waals surface area (Å²) in [6, 6.07) is 9.45. The maximum absolute atomic E-state index is 11.8. The molecule has 0 bridgehead atoms. The van der Waals surface area contributed by atoms with E-state index in [1.165, 1.54) is 11.8 Å². The number of halogens is 1. The van der Waals surface area contributed by atoms with Crippen LogP contribution in [0.2, 0.25) is 0 Å². The quantitative estimate of drug-likeness (QED) is 0.613. The lowest BCUT2D eigenvalue weighted by Crippen LogP contribution is -2.24. The third-order valence-corrected chi connectivity index (χ3v) is 3.92. The van der Waals surface area contributed by atoms with Crippen LogP contribution < -0.4 is 10.2 Å². The topological polar surface area (TPSA) is 63.8 Å². The minimum Gasteiger partial charge on any atom is -0.483 e. The number of aryl methyl sites for hydroxylation is 1. The second-order valence-corrected chi connectivity index (χ2v) is 7.28. The lowest BCUT2D eigenvalue weighted by molar-refractivity contribution is -0.123. The summed E-state index contributed by atoms with van der Waals surface area (Å²) in [5, 5.41) is 3.83. The van der Waals surface area contributed by atoms with Crippen LogP contribution in [0, 0.1) is 6.92 Å². The normalized spacial score (nSPS) is 11.7. The summed E-state index contributed by atoms with van der Waals surface area (Å²) in [6.45, 7) is 8.14. The second-order valence-electron chi connectivity index (χ2n) is 6.43. The molecule has 128 valence electrons. The van der Waals surface area contributed by atoms with Gasteiger partial charge >= 0.3 is 0 Å². The fraction of sp³-hybridized carbons (Fsp3) is 0.333. The number of nitrogens with one attached hydrogen (secondary N) is 1.